The summed E-state index contributed by atoms with van der Waals surface area (Å²) in [5, 5.41) is 10.2. The summed E-state index contributed by atoms with van der Waals surface area (Å²) in [6.07, 6.45) is -2.72. The van der Waals surface area contributed by atoms with Gasteiger partial charge in [-0.25, -0.2) is 4.79 Å². The number of aliphatic hydroxyl groups is 1. The van der Waals surface area contributed by atoms with Crippen molar-refractivity contribution in [3.8, 4) is 0 Å². The first-order valence-corrected chi connectivity index (χ1v) is 6.88. The van der Waals surface area contributed by atoms with Gasteiger partial charge in [-0.05, 0) is 26.0 Å². The highest BCUT2D eigenvalue weighted by atomic mass is 16.8. The number of aliphatic hydroxyl groups excluding tert-OH is 1. The molecule has 1 aromatic rings. The fourth-order valence-electron chi connectivity index (χ4n) is 2.51. The summed E-state index contributed by atoms with van der Waals surface area (Å²) in [4.78, 5) is 11.8. The first kappa shape index (κ1) is 14.5. The zero-order valence-electron chi connectivity index (χ0n) is 11.9. The lowest BCUT2D eigenvalue weighted by molar-refractivity contribution is -0.218. The lowest BCUT2D eigenvalue weighted by atomic mass is 10.1. The Morgan fingerprint density at radius 3 is 2.67 bits per heavy atom. The fourth-order valence-corrected chi connectivity index (χ4v) is 2.51. The Balaban J connectivity index is 1.55. The smallest absolute Gasteiger partial charge is 0.338 e. The summed E-state index contributed by atoms with van der Waals surface area (Å²) in [6.45, 7) is 3.46. The molecule has 2 aliphatic rings. The number of benzene rings is 1. The number of esters is 1. The summed E-state index contributed by atoms with van der Waals surface area (Å²) in [5.41, 5.74) is 0.457. The topological polar surface area (TPSA) is 74.2 Å². The van der Waals surface area contributed by atoms with Crippen LogP contribution in [-0.4, -0.2) is 48.1 Å². The van der Waals surface area contributed by atoms with Gasteiger partial charge in [0.05, 0.1) is 5.56 Å². The van der Waals surface area contributed by atoms with E-state index in [0.717, 1.165) is 0 Å². The van der Waals surface area contributed by atoms with Crippen molar-refractivity contribution in [2.45, 2.75) is 44.2 Å². The molecule has 0 saturated carbocycles. The maximum absolute atomic E-state index is 11.8. The monoisotopic (exact) mass is 294 g/mol. The molecule has 2 saturated heterocycles. The minimum absolute atomic E-state index is 0.0466. The molecule has 21 heavy (non-hydrogen) atoms. The van der Waals surface area contributed by atoms with Gasteiger partial charge in [0.2, 0.25) is 0 Å². The van der Waals surface area contributed by atoms with Crippen LogP contribution in [0, 0.1) is 0 Å². The average Bonchev–Trinajstić information content (AvgIpc) is 2.91. The molecule has 1 N–H and O–H groups in total. The molecule has 4 atom stereocenters. The Morgan fingerprint density at radius 2 is 2.00 bits per heavy atom. The van der Waals surface area contributed by atoms with Crippen LogP contribution in [0.1, 0.15) is 24.2 Å². The van der Waals surface area contributed by atoms with Crippen LogP contribution in [0.2, 0.25) is 0 Å². The summed E-state index contributed by atoms with van der Waals surface area (Å²) >= 11 is 0. The number of carbonyl (C=O) groups is 1. The van der Waals surface area contributed by atoms with Gasteiger partial charge in [-0.2, -0.15) is 0 Å². The van der Waals surface area contributed by atoms with Crippen molar-refractivity contribution in [2.24, 2.45) is 0 Å². The van der Waals surface area contributed by atoms with E-state index >= 15 is 0 Å². The molecule has 2 heterocycles. The van der Waals surface area contributed by atoms with Crippen molar-refractivity contribution < 1.29 is 28.8 Å². The van der Waals surface area contributed by atoms with E-state index in [1.807, 2.05) is 6.07 Å². The van der Waals surface area contributed by atoms with Gasteiger partial charge in [0.1, 0.15) is 24.9 Å². The number of fused-ring (bicyclic) bond motifs is 1. The quantitative estimate of drug-likeness (QED) is 0.841. The molecule has 3 rings (SSSR count). The van der Waals surface area contributed by atoms with E-state index in [2.05, 4.69) is 0 Å². The minimum Gasteiger partial charge on any atom is -0.459 e. The predicted octanol–water partition coefficient (Wildman–Crippen LogP) is 1.08. The third-order valence-corrected chi connectivity index (χ3v) is 3.50. The first-order valence-electron chi connectivity index (χ1n) is 6.88. The molecule has 6 nitrogen and oxygen atoms in total. The Kier molecular flexibility index (Phi) is 3.71. The van der Waals surface area contributed by atoms with Gasteiger partial charge in [0, 0.05) is 0 Å². The molecule has 2 fully saturated rings. The van der Waals surface area contributed by atoms with Crippen molar-refractivity contribution in [3.63, 3.8) is 0 Å². The van der Waals surface area contributed by atoms with Gasteiger partial charge in [-0.1, -0.05) is 18.2 Å². The van der Waals surface area contributed by atoms with Crippen LogP contribution >= 0.6 is 0 Å². The molecule has 114 valence electrons. The first-order chi connectivity index (χ1) is 9.96. The predicted molar refractivity (Wildman–Crippen MR) is 71.4 cm³/mol. The summed E-state index contributed by atoms with van der Waals surface area (Å²) in [7, 11) is 0. The van der Waals surface area contributed by atoms with Gasteiger partial charge in [-0.15, -0.1) is 0 Å². The number of hydrogen-bond donors (Lipinski definition) is 1. The molecule has 2 aliphatic heterocycles. The third-order valence-electron chi connectivity index (χ3n) is 3.50. The molecule has 6 heteroatoms. The molecule has 1 unspecified atom stereocenters. The van der Waals surface area contributed by atoms with Gasteiger partial charge < -0.3 is 24.1 Å². The Hall–Kier alpha value is -1.47. The van der Waals surface area contributed by atoms with E-state index in [1.165, 1.54) is 0 Å². The lowest BCUT2D eigenvalue weighted by Gasteiger charge is -2.22. The molecule has 0 bridgehead atoms. The van der Waals surface area contributed by atoms with Crippen molar-refractivity contribution in [1.29, 1.82) is 0 Å². The Morgan fingerprint density at radius 1 is 1.29 bits per heavy atom. The molecule has 1 aromatic carbocycles. The van der Waals surface area contributed by atoms with Crippen LogP contribution in [0.4, 0.5) is 0 Å². The Labute approximate surface area is 122 Å². The second-order valence-corrected chi connectivity index (χ2v) is 5.60. The highest BCUT2D eigenvalue weighted by Gasteiger charge is 2.54. The SMILES string of the molecule is CC1(C)OC2[C@H](O[C@H](COC(=O)c3ccccc3)[C@@H]2O)O1. The maximum Gasteiger partial charge on any atom is 0.338 e. The number of ether oxygens (including phenoxy) is 4. The van der Waals surface area contributed by atoms with Crippen molar-refractivity contribution in [1.82, 2.24) is 0 Å². The molecular weight excluding hydrogens is 276 g/mol. The van der Waals surface area contributed by atoms with Crippen LogP contribution in [0.3, 0.4) is 0 Å². The molecule has 0 amide bonds. The van der Waals surface area contributed by atoms with Crippen molar-refractivity contribution in [3.05, 3.63) is 35.9 Å². The second-order valence-electron chi connectivity index (χ2n) is 5.60. The number of hydrogen-bond acceptors (Lipinski definition) is 6. The molecule has 0 aliphatic carbocycles. The van der Waals surface area contributed by atoms with Crippen LogP contribution in [-0.2, 0) is 18.9 Å². The summed E-state index contributed by atoms with van der Waals surface area (Å²) < 4.78 is 21.8. The van der Waals surface area contributed by atoms with Gasteiger partial charge in [0.25, 0.3) is 0 Å². The number of rotatable bonds is 3. The lowest BCUT2D eigenvalue weighted by Crippen LogP contribution is -2.37. The van der Waals surface area contributed by atoms with E-state index in [9.17, 15) is 9.90 Å². The Bertz CT molecular complexity index is 514. The van der Waals surface area contributed by atoms with Crippen molar-refractivity contribution in [2.75, 3.05) is 6.61 Å². The highest BCUT2D eigenvalue weighted by Crippen LogP contribution is 2.37. The average molecular weight is 294 g/mol. The van der Waals surface area contributed by atoms with E-state index < -0.39 is 36.4 Å². The fraction of sp³-hybridized carbons (Fsp3) is 0.533. The standard InChI is InChI=1S/C15H18O6/c1-15(2)20-12-11(16)10(19-14(12)21-15)8-18-13(17)9-6-4-3-5-7-9/h3-7,10-12,14,16H,8H2,1-2H3/t10-,11+,12?,14-/m1/s1. The van der Waals surface area contributed by atoms with Gasteiger partial charge >= 0.3 is 5.97 Å². The molecule has 0 spiro atoms. The van der Waals surface area contributed by atoms with E-state index in [1.54, 1.807) is 38.1 Å². The molecular formula is C15H18O6. The molecule has 0 aromatic heterocycles. The molecule has 0 radical (unpaired) electrons. The normalized spacial score (nSPS) is 33.7. The third kappa shape index (κ3) is 2.94. The van der Waals surface area contributed by atoms with Gasteiger partial charge in [-0.3, -0.25) is 0 Å². The van der Waals surface area contributed by atoms with Crippen LogP contribution in [0.15, 0.2) is 30.3 Å². The largest absolute Gasteiger partial charge is 0.459 e. The maximum atomic E-state index is 11.8. The zero-order chi connectivity index (χ0) is 15.0. The summed E-state index contributed by atoms with van der Waals surface area (Å²) in [6, 6.07) is 8.66. The second kappa shape index (κ2) is 5.38. The summed E-state index contributed by atoms with van der Waals surface area (Å²) in [5.74, 6) is -1.23. The van der Waals surface area contributed by atoms with Crippen molar-refractivity contribution >= 4 is 5.97 Å². The number of carbonyl (C=O) groups excluding carboxylic acids is 1. The van der Waals surface area contributed by atoms with Crippen LogP contribution in [0.25, 0.3) is 0 Å². The minimum atomic E-state index is -0.889. The van der Waals surface area contributed by atoms with Crippen LogP contribution in [0.5, 0.6) is 0 Å². The van der Waals surface area contributed by atoms with E-state index in [4.69, 9.17) is 18.9 Å². The van der Waals surface area contributed by atoms with Crippen LogP contribution < -0.4 is 0 Å². The van der Waals surface area contributed by atoms with Gasteiger partial charge in [0.15, 0.2) is 12.1 Å². The van der Waals surface area contributed by atoms with E-state index in [0.29, 0.717) is 5.56 Å². The van der Waals surface area contributed by atoms with E-state index in [-0.39, 0.29) is 6.61 Å². The highest BCUT2D eigenvalue weighted by molar-refractivity contribution is 5.89. The zero-order valence-corrected chi connectivity index (χ0v) is 11.9.